The summed E-state index contributed by atoms with van der Waals surface area (Å²) < 4.78 is 66.9. The van der Waals surface area contributed by atoms with Gasteiger partial charge in [-0.05, 0) is 78.4 Å². The maximum absolute atomic E-state index is 12.9. The number of allylic oxidation sites excluding steroid dienone is 6. The third kappa shape index (κ3) is 8.23. The molecule has 0 bridgehead atoms. The lowest BCUT2D eigenvalue weighted by Crippen LogP contribution is -2.31. The van der Waals surface area contributed by atoms with E-state index in [0.29, 0.717) is 22.5 Å². The van der Waals surface area contributed by atoms with Crippen molar-refractivity contribution in [3.8, 4) is 0 Å². The number of nitrogens with zero attached hydrogens (tertiary/aromatic N) is 1. The number of carbonyl (C=O) groups is 2. The first-order valence-corrected chi connectivity index (χ1v) is 17.1. The highest BCUT2D eigenvalue weighted by atomic mass is 35.5. The number of aliphatic hydroxyl groups is 1. The van der Waals surface area contributed by atoms with E-state index in [-0.39, 0.29) is 44.5 Å². The predicted molar refractivity (Wildman–Crippen MR) is 184 cm³/mol. The number of halogens is 2. The Kier molecular flexibility index (Phi) is 9.77. The Balaban J connectivity index is 1.30. The third-order valence-electron chi connectivity index (χ3n) is 6.73. The van der Waals surface area contributed by atoms with Gasteiger partial charge in [0.05, 0.1) is 43.3 Å². The van der Waals surface area contributed by atoms with E-state index in [1.54, 1.807) is 6.07 Å². The summed E-state index contributed by atoms with van der Waals surface area (Å²) in [4.78, 5) is 28.3. The van der Waals surface area contributed by atoms with Gasteiger partial charge in [-0.15, -0.1) is 0 Å². The summed E-state index contributed by atoms with van der Waals surface area (Å²) >= 11 is 11.8. The lowest BCUT2D eigenvalue weighted by molar-refractivity contribution is -0.111. The summed E-state index contributed by atoms with van der Waals surface area (Å²) in [6.45, 7) is 0. The van der Waals surface area contributed by atoms with Crippen molar-refractivity contribution in [1.29, 1.82) is 5.41 Å². The average Bonchev–Trinajstić information content (AvgIpc) is 3.02. The van der Waals surface area contributed by atoms with E-state index in [1.807, 2.05) is 0 Å². The first-order valence-electron chi connectivity index (χ1n) is 13.5. The Labute approximate surface area is 288 Å². The second kappa shape index (κ2) is 13.7. The van der Waals surface area contributed by atoms with Gasteiger partial charge in [0.2, 0.25) is 0 Å². The Morgan fingerprint density at radius 2 is 1.49 bits per heavy atom. The normalized spacial score (nSPS) is 14.9. The molecule has 15 nitrogen and oxygen atoms in total. The molecule has 0 spiro atoms. The molecular weight excluding hydrogens is 723 g/mol. The van der Waals surface area contributed by atoms with Gasteiger partial charge in [0.25, 0.3) is 32.2 Å². The van der Waals surface area contributed by atoms with Gasteiger partial charge in [0.15, 0.2) is 5.78 Å². The second-order valence-corrected chi connectivity index (χ2v) is 13.7. The number of benzene rings is 3. The zero-order valence-corrected chi connectivity index (χ0v) is 27.5. The number of anilines is 3. The predicted octanol–water partition coefficient (Wildman–Crippen LogP) is 5.19. The summed E-state index contributed by atoms with van der Waals surface area (Å²) in [5.41, 5.74) is 5.19. The van der Waals surface area contributed by atoms with Crippen LogP contribution in [0, 0.1) is 5.41 Å². The van der Waals surface area contributed by atoms with E-state index >= 15 is 0 Å². The molecule has 0 heterocycles. The number of hydrogen-bond donors (Lipinski definition) is 8. The Hall–Kier alpha value is -5.30. The van der Waals surface area contributed by atoms with Gasteiger partial charge in [-0.25, -0.2) is 0 Å². The van der Waals surface area contributed by atoms with Gasteiger partial charge < -0.3 is 15.7 Å². The van der Waals surface area contributed by atoms with E-state index in [9.17, 15) is 40.6 Å². The van der Waals surface area contributed by atoms with Crippen LogP contribution in [0.1, 0.15) is 10.4 Å². The molecule has 1 amide bonds. The van der Waals surface area contributed by atoms with Crippen LogP contribution < -0.4 is 21.5 Å². The van der Waals surface area contributed by atoms with Crippen LogP contribution in [0.25, 0.3) is 0 Å². The van der Waals surface area contributed by atoms with Gasteiger partial charge in [-0.1, -0.05) is 29.3 Å². The Bertz CT molecular complexity index is 2320. The van der Waals surface area contributed by atoms with E-state index in [4.69, 9.17) is 28.6 Å². The van der Waals surface area contributed by atoms with Crippen LogP contribution in [-0.4, -0.2) is 54.5 Å². The van der Waals surface area contributed by atoms with Gasteiger partial charge in [-0.3, -0.25) is 35.0 Å². The number of nitrogens with one attached hydrogen (secondary N) is 5. The number of rotatable bonds is 9. The number of ketones is 1. The van der Waals surface area contributed by atoms with Gasteiger partial charge in [0, 0.05) is 23.0 Å². The molecule has 0 unspecified atom stereocenters. The van der Waals surface area contributed by atoms with Crippen molar-refractivity contribution < 1.29 is 40.6 Å². The van der Waals surface area contributed by atoms with Gasteiger partial charge in [0.1, 0.15) is 4.90 Å². The van der Waals surface area contributed by atoms with Crippen LogP contribution >= 0.6 is 23.2 Å². The van der Waals surface area contributed by atoms with Crippen LogP contribution in [0.5, 0.6) is 0 Å². The second-order valence-electron chi connectivity index (χ2n) is 10.1. The first kappa shape index (κ1) is 35.0. The molecule has 0 saturated carbocycles. The molecule has 2 aliphatic rings. The number of fused-ring (bicyclic) bond motifs is 1. The third-order valence-corrected chi connectivity index (χ3v) is 9.20. The zero-order chi connectivity index (χ0) is 35.7. The molecule has 2 aliphatic carbocycles. The van der Waals surface area contributed by atoms with Crippen molar-refractivity contribution in [1.82, 2.24) is 5.43 Å². The van der Waals surface area contributed by atoms with Crippen LogP contribution in [0.2, 0.25) is 10.0 Å². The topological polar surface area (TPSA) is 247 Å². The van der Waals surface area contributed by atoms with Crippen molar-refractivity contribution in [3.63, 3.8) is 0 Å². The smallest absolute Gasteiger partial charge is 0.296 e. The molecule has 0 saturated heterocycles. The minimum atomic E-state index is -4.90. The lowest BCUT2D eigenvalue weighted by Gasteiger charge is -2.23. The highest BCUT2D eigenvalue weighted by Crippen LogP contribution is 2.31. The summed E-state index contributed by atoms with van der Waals surface area (Å²) in [5, 5.41) is 24.1. The molecular formula is C30H22Cl2N6O9S2. The maximum atomic E-state index is 12.9. The molecule has 19 heteroatoms. The van der Waals surface area contributed by atoms with E-state index in [0.717, 1.165) is 12.1 Å². The fraction of sp³-hybridized carbons (Fsp3) is 0. The van der Waals surface area contributed by atoms with Crippen molar-refractivity contribution in [2.24, 2.45) is 4.99 Å². The quantitative estimate of drug-likeness (QED) is 0.0610. The van der Waals surface area contributed by atoms with Crippen molar-refractivity contribution in [3.05, 3.63) is 122 Å². The Morgan fingerprint density at radius 1 is 0.796 bits per heavy atom. The van der Waals surface area contributed by atoms with Crippen molar-refractivity contribution in [2.45, 2.75) is 4.90 Å². The summed E-state index contributed by atoms with van der Waals surface area (Å²) in [7, 11) is -9.60. The largest absolute Gasteiger partial charge is 0.480 e. The van der Waals surface area contributed by atoms with Crippen LogP contribution in [0.4, 0.5) is 22.7 Å². The monoisotopic (exact) mass is 744 g/mol. The van der Waals surface area contributed by atoms with Crippen LogP contribution in [-0.2, 0) is 25.0 Å². The zero-order valence-electron chi connectivity index (χ0n) is 24.4. The molecule has 0 aromatic heterocycles. The summed E-state index contributed by atoms with van der Waals surface area (Å²) in [5.74, 6) is -1.50. The van der Waals surface area contributed by atoms with E-state index in [1.165, 1.54) is 60.7 Å². The molecule has 0 radical (unpaired) electrons. The average molecular weight is 746 g/mol. The molecule has 49 heavy (non-hydrogen) atoms. The molecule has 5 rings (SSSR count). The standard InChI is InChI=1S/C30H22Cl2N6O9S2/c31-21-8-6-18(12-22(21)32)36-30(41)35-17-4-1-15(2-5-17)29(40)34-19-7-10-24(26(13-19)49(45,46)47)37-38-28-23(33)9-3-16-11-20(48(42,43)44)14-25(39)27(16)28/h1-14,33,37-38H,(H,34,40)(H2,35,36,41)(H,42,43,44)(H,45,46,47). The lowest BCUT2D eigenvalue weighted by atomic mass is 9.89. The van der Waals surface area contributed by atoms with Crippen LogP contribution in [0.3, 0.4) is 0 Å². The number of aliphatic imine (C=N–C) groups is 1. The van der Waals surface area contributed by atoms with Crippen molar-refractivity contribution in [2.75, 3.05) is 16.1 Å². The highest BCUT2D eigenvalue weighted by Gasteiger charge is 2.29. The van der Waals surface area contributed by atoms with Gasteiger partial charge >= 0.3 is 0 Å². The summed E-state index contributed by atoms with van der Waals surface area (Å²) in [6.07, 6.45) is 4.23. The number of hydrazine groups is 1. The number of hydrogen-bond acceptors (Lipinski definition) is 10. The molecule has 3 aromatic carbocycles. The number of carbonyl (C=O) groups excluding carboxylic acids is 2. The van der Waals surface area contributed by atoms with Crippen molar-refractivity contribution >= 4 is 89.6 Å². The Morgan fingerprint density at radius 3 is 2.14 bits per heavy atom. The molecule has 3 aromatic rings. The molecule has 0 aliphatic heterocycles. The summed E-state index contributed by atoms with van der Waals surface area (Å²) in [6, 6.07) is 13.3. The fourth-order valence-corrected chi connectivity index (χ4v) is 5.97. The van der Waals surface area contributed by atoms with E-state index < -0.39 is 47.7 Å². The fourth-order valence-electron chi connectivity index (χ4n) is 4.47. The minimum absolute atomic E-state index is 0.0253. The number of amides is 1. The maximum Gasteiger partial charge on any atom is 0.296 e. The SMILES string of the molecule is N=C1C=CC2=CC(S(=O)(=O)O)=CC(=O)C2=C1NNc1ccc(NC(=O)c2ccc(NC(O)=Nc3ccc(Cl)c(Cl)c3)cc2)cc1S(=O)(=O)O. The van der Waals surface area contributed by atoms with E-state index in [2.05, 4.69) is 26.5 Å². The first-order chi connectivity index (χ1) is 23.0. The number of amidine groups is 1. The van der Waals surface area contributed by atoms with Crippen LogP contribution in [0.15, 0.2) is 117 Å². The highest BCUT2D eigenvalue weighted by molar-refractivity contribution is 7.90. The van der Waals surface area contributed by atoms with Gasteiger partial charge in [-0.2, -0.15) is 21.8 Å². The minimum Gasteiger partial charge on any atom is -0.480 e. The molecule has 8 N–H and O–H groups in total. The molecule has 252 valence electrons. The number of aliphatic hydroxyl groups excluding tert-OH is 1. The molecule has 0 fully saturated rings. The molecule has 0 atom stereocenters.